The largest absolute Gasteiger partial charge is 0.456 e. The number of carbonyl (C=O) groups excluding carboxylic acids is 1. The van der Waals surface area contributed by atoms with E-state index in [9.17, 15) is 4.79 Å². The molecule has 0 aliphatic rings. The van der Waals surface area contributed by atoms with Gasteiger partial charge in [-0.25, -0.2) is 0 Å². The molecule has 0 atom stereocenters. The van der Waals surface area contributed by atoms with Crippen molar-refractivity contribution >= 4 is 39.3 Å². The number of alkyl halides is 1. The van der Waals surface area contributed by atoms with Crippen molar-refractivity contribution < 1.29 is 9.21 Å². The molecule has 0 saturated carbocycles. The monoisotopic (exact) mass is 272 g/mol. The van der Waals surface area contributed by atoms with Gasteiger partial charge in [0.25, 0.3) is 0 Å². The maximum Gasteiger partial charge on any atom is 0.162 e. The Morgan fingerprint density at radius 2 is 1.84 bits per heavy atom. The van der Waals surface area contributed by atoms with Gasteiger partial charge in [-0.15, -0.1) is 11.6 Å². The lowest BCUT2D eigenvalue weighted by atomic mass is 10.0. The van der Waals surface area contributed by atoms with Gasteiger partial charge < -0.3 is 4.42 Å². The number of halogens is 1. The number of furan rings is 1. The Morgan fingerprint density at radius 3 is 2.68 bits per heavy atom. The first-order chi connectivity index (χ1) is 9.29. The molecule has 0 spiro atoms. The van der Waals surface area contributed by atoms with E-state index in [-0.39, 0.29) is 5.78 Å². The highest BCUT2D eigenvalue weighted by atomic mass is 35.5. The van der Waals surface area contributed by atoms with Crippen molar-refractivity contribution in [2.75, 3.05) is 5.88 Å². The maximum atomic E-state index is 12.0. The fourth-order valence-corrected chi connectivity index (χ4v) is 2.40. The topological polar surface area (TPSA) is 30.2 Å². The predicted octanol–water partition coefficient (Wildman–Crippen LogP) is 4.79. The van der Waals surface area contributed by atoms with Gasteiger partial charge in [-0.2, -0.15) is 0 Å². The Morgan fingerprint density at radius 1 is 1.05 bits per heavy atom. The number of ketones is 1. The normalized spacial score (nSPS) is 11.2. The van der Waals surface area contributed by atoms with E-state index in [4.69, 9.17) is 16.0 Å². The van der Waals surface area contributed by atoms with Gasteiger partial charge in [0.1, 0.15) is 11.2 Å². The van der Waals surface area contributed by atoms with Gasteiger partial charge in [0, 0.05) is 28.6 Å². The Hall–Kier alpha value is -1.80. The van der Waals surface area contributed by atoms with Crippen molar-refractivity contribution in [2.24, 2.45) is 0 Å². The number of hydrogen-bond donors (Lipinski definition) is 0. The van der Waals surface area contributed by atoms with Gasteiger partial charge >= 0.3 is 0 Å². The van der Waals surface area contributed by atoms with Crippen LogP contribution in [0.15, 0.2) is 46.9 Å². The average molecular weight is 273 g/mol. The third-order valence-corrected chi connectivity index (χ3v) is 3.50. The molecule has 0 N–H and O–H groups in total. The number of fused-ring (bicyclic) bond motifs is 3. The summed E-state index contributed by atoms with van der Waals surface area (Å²) < 4.78 is 5.74. The van der Waals surface area contributed by atoms with Crippen LogP contribution >= 0.6 is 11.6 Å². The number of Topliss-reactive ketones (excluding diaryl/α,β-unsaturated/α-hetero) is 1. The van der Waals surface area contributed by atoms with E-state index in [1.807, 2.05) is 42.5 Å². The summed E-state index contributed by atoms with van der Waals surface area (Å²) in [6.45, 7) is 0. The van der Waals surface area contributed by atoms with Crippen LogP contribution in [-0.4, -0.2) is 11.7 Å². The summed E-state index contributed by atoms with van der Waals surface area (Å²) in [5, 5.41) is 2.04. The summed E-state index contributed by atoms with van der Waals surface area (Å²) in [7, 11) is 0. The minimum absolute atomic E-state index is 0.132. The summed E-state index contributed by atoms with van der Waals surface area (Å²) in [4.78, 5) is 12.0. The Balaban J connectivity index is 2.09. The number of rotatable bonds is 4. The van der Waals surface area contributed by atoms with E-state index in [1.165, 1.54) is 0 Å². The molecule has 0 bridgehead atoms. The predicted molar refractivity (Wildman–Crippen MR) is 78.0 cm³/mol. The van der Waals surface area contributed by atoms with E-state index >= 15 is 0 Å². The van der Waals surface area contributed by atoms with E-state index in [1.54, 1.807) is 0 Å². The second kappa shape index (κ2) is 5.06. The number of carbonyl (C=O) groups is 1. The van der Waals surface area contributed by atoms with Crippen molar-refractivity contribution in [1.82, 2.24) is 0 Å². The molecule has 0 amide bonds. The fourth-order valence-electron chi connectivity index (χ4n) is 2.27. The number of para-hydroxylation sites is 1. The Kier molecular flexibility index (Phi) is 3.26. The molecule has 2 nitrogen and oxygen atoms in total. The standard InChI is InChI=1S/C16H13ClO2/c17-9-3-5-14(18)11-7-8-16-13(10-11)12-4-1-2-6-15(12)19-16/h1-2,4,6-8,10H,3,5,9H2. The van der Waals surface area contributed by atoms with Crippen molar-refractivity contribution in [3.63, 3.8) is 0 Å². The molecule has 0 saturated heterocycles. The summed E-state index contributed by atoms with van der Waals surface area (Å²) in [5.41, 5.74) is 2.39. The van der Waals surface area contributed by atoms with E-state index in [2.05, 4.69) is 0 Å². The SMILES string of the molecule is O=C(CCCCl)c1ccc2oc3ccccc3c2c1. The Labute approximate surface area is 116 Å². The molecule has 0 aliphatic heterocycles. The van der Waals surface area contributed by atoms with Gasteiger partial charge in [0.2, 0.25) is 0 Å². The molecular formula is C16H13ClO2. The minimum Gasteiger partial charge on any atom is -0.456 e. The van der Waals surface area contributed by atoms with Crippen LogP contribution in [0, 0.1) is 0 Å². The van der Waals surface area contributed by atoms with Crippen molar-refractivity contribution in [3.8, 4) is 0 Å². The molecule has 96 valence electrons. The second-order valence-corrected chi connectivity index (χ2v) is 4.90. The van der Waals surface area contributed by atoms with Crippen molar-refractivity contribution in [2.45, 2.75) is 12.8 Å². The van der Waals surface area contributed by atoms with Crippen molar-refractivity contribution in [1.29, 1.82) is 0 Å². The zero-order valence-electron chi connectivity index (χ0n) is 10.4. The van der Waals surface area contributed by atoms with E-state index < -0.39 is 0 Å². The third-order valence-electron chi connectivity index (χ3n) is 3.24. The maximum absolute atomic E-state index is 12.0. The van der Waals surface area contributed by atoms with Crippen LogP contribution in [0.2, 0.25) is 0 Å². The number of benzene rings is 2. The highest BCUT2D eigenvalue weighted by molar-refractivity contribution is 6.18. The third kappa shape index (κ3) is 2.24. The molecule has 0 radical (unpaired) electrons. The van der Waals surface area contributed by atoms with Gasteiger partial charge in [-0.05, 0) is 30.7 Å². The summed E-state index contributed by atoms with van der Waals surface area (Å²) in [6.07, 6.45) is 1.20. The average Bonchev–Trinajstić information content (AvgIpc) is 2.82. The number of hydrogen-bond acceptors (Lipinski definition) is 2. The van der Waals surface area contributed by atoms with Gasteiger partial charge in [0.15, 0.2) is 5.78 Å². The van der Waals surface area contributed by atoms with E-state index in [0.717, 1.165) is 27.5 Å². The molecule has 0 aliphatic carbocycles. The van der Waals surface area contributed by atoms with Crippen LogP contribution < -0.4 is 0 Å². The highest BCUT2D eigenvalue weighted by Gasteiger charge is 2.10. The first kappa shape index (κ1) is 12.2. The van der Waals surface area contributed by atoms with Crippen LogP contribution in [0.1, 0.15) is 23.2 Å². The smallest absolute Gasteiger partial charge is 0.162 e. The molecular weight excluding hydrogens is 260 g/mol. The van der Waals surface area contributed by atoms with E-state index in [0.29, 0.717) is 18.7 Å². The summed E-state index contributed by atoms with van der Waals surface area (Å²) in [6, 6.07) is 13.5. The quantitative estimate of drug-likeness (QED) is 0.505. The van der Waals surface area contributed by atoms with Gasteiger partial charge in [-0.3, -0.25) is 4.79 Å². The molecule has 0 fully saturated rings. The van der Waals surface area contributed by atoms with Gasteiger partial charge in [0.05, 0.1) is 0 Å². The fraction of sp³-hybridized carbons (Fsp3) is 0.188. The van der Waals surface area contributed by atoms with Crippen LogP contribution in [0.25, 0.3) is 21.9 Å². The molecule has 1 heterocycles. The van der Waals surface area contributed by atoms with Crippen LogP contribution in [0.5, 0.6) is 0 Å². The van der Waals surface area contributed by atoms with Crippen LogP contribution in [0.4, 0.5) is 0 Å². The lowest BCUT2D eigenvalue weighted by Crippen LogP contribution is -1.98. The summed E-state index contributed by atoms with van der Waals surface area (Å²) >= 11 is 5.62. The molecule has 0 unspecified atom stereocenters. The first-order valence-electron chi connectivity index (χ1n) is 6.30. The highest BCUT2D eigenvalue weighted by Crippen LogP contribution is 2.29. The van der Waals surface area contributed by atoms with Gasteiger partial charge in [-0.1, -0.05) is 18.2 Å². The Bertz CT molecular complexity index is 743. The first-order valence-corrected chi connectivity index (χ1v) is 6.83. The minimum atomic E-state index is 0.132. The molecule has 1 aromatic heterocycles. The second-order valence-electron chi connectivity index (χ2n) is 4.52. The lowest BCUT2D eigenvalue weighted by molar-refractivity contribution is 0.0982. The molecule has 3 aromatic rings. The zero-order valence-corrected chi connectivity index (χ0v) is 11.1. The molecule has 19 heavy (non-hydrogen) atoms. The summed E-state index contributed by atoms with van der Waals surface area (Å²) in [5.74, 6) is 0.649. The van der Waals surface area contributed by atoms with Crippen LogP contribution in [-0.2, 0) is 0 Å². The van der Waals surface area contributed by atoms with Crippen molar-refractivity contribution in [3.05, 3.63) is 48.0 Å². The molecule has 3 rings (SSSR count). The lowest BCUT2D eigenvalue weighted by Gasteiger charge is -1.99. The zero-order chi connectivity index (χ0) is 13.2. The molecule has 2 aromatic carbocycles. The van der Waals surface area contributed by atoms with Crippen LogP contribution in [0.3, 0.4) is 0 Å². The molecule has 3 heteroatoms.